The van der Waals surface area contributed by atoms with Gasteiger partial charge in [0.1, 0.15) is 11.6 Å². The molecule has 1 N–H and O–H groups in total. The Morgan fingerprint density at radius 1 is 1.03 bits per heavy atom. The normalized spacial score (nSPS) is 13.9. The van der Waals surface area contributed by atoms with Crippen molar-refractivity contribution < 1.29 is 23.3 Å². The molecule has 0 aliphatic carbocycles. The average molecular weight is 430 g/mol. The van der Waals surface area contributed by atoms with Crippen LogP contribution in [0.2, 0.25) is 0 Å². The zero-order valence-electron chi connectivity index (χ0n) is 17.8. The lowest BCUT2D eigenvalue weighted by Crippen LogP contribution is -2.51. The topological polar surface area (TPSA) is 95.8 Å². The van der Waals surface area contributed by atoms with Crippen molar-refractivity contribution in [3.05, 3.63) is 52.7 Å². The monoisotopic (exact) mass is 430 g/mol. The van der Waals surface area contributed by atoms with Crippen molar-refractivity contribution in [1.29, 1.82) is 0 Å². The first-order chi connectivity index (χ1) is 14.8. The summed E-state index contributed by atoms with van der Waals surface area (Å²) in [6, 6.07) is 5.30. The molecule has 31 heavy (non-hydrogen) atoms. The molecule has 1 fully saturated rings. The van der Waals surface area contributed by atoms with E-state index < -0.39 is 5.82 Å². The highest BCUT2D eigenvalue weighted by atomic mass is 19.1. The van der Waals surface area contributed by atoms with E-state index >= 15 is 0 Å². The summed E-state index contributed by atoms with van der Waals surface area (Å²) < 4.78 is 18.0. The number of nitrogens with one attached hydrogen (secondary N) is 1. The van der Waals surface area contributed by atoms with Gasteiger partial charge in [-0.05, 0) is 44.5 Å². The van der Waals surface area contributed by atoms with Gasteiger partial charge in [0.25, 0.3) is 5.91 Å². The molecule has 8 nitrogen and oxygen atoms in total. The molecule has 2 aromatic rings. The van der Waals surface area contributed by atoms with Crippen LogP contribution in [0.5, 0.6) is 0 Å². The number of hydrogen-bond donors (Lipinski definition) is 1. The summed E-state index contributed by atoms with van der Waals surface area (Å²) in [6.07, 6.45) is 1.08. The Morgan fingerprint density at radius 2 is 1.65 bits per heavy atom. The quantitative estimate of drug-likeness (QED) is 0.677. The number of carbonyl (C=O) groups is 3. The van der Waals surface area contributed by atoms with Crippen molar-refractivity contribution in [3.63, 3.8) is 0 Å². The zero-order valence-corrected chi connectivity index (χ0v) is 17.8. The summed E-state index contributed by atoms with van der Waals surface area (Å²) in [5.74, 6) is -0.0180. The van der Waals surface area contributed by atoms with Crippen molar-refractivity contribution in [1.82, 2.24) is 20.3 Å². The number of rotatable bonds is 7. The molecular weight excluding hydrogens is 403 g/mol. The first-order valence-corrected chi connectivity index (χ1v) is 10.4. The zero-order chi connectivity index (χ0) is 22.4. The van der Waals surface area contributed by atoms with Crippen LogP contribution in [-0.4, -0.2) is 65.4 Å². The fraction of sp³-hybridized carbons (Fsp3) is 0.455. The lowest BCUT2D eigenvalue weighted by molar-refractivity contribution is -0.139. The molecule has 0 saturated carbocycles. The molecule has 1 aromatic carbocycles. The fourth-order valence-corrected chi connectivity index (χ4v) is 3.53. The molecule has 1 aromatic heterocycles. The SMILES string of the molecule is Cc1noc(C)c1CC(=O)N1CCN(C(=O)CCCNC(=O)c2ccc(F)cc2)CC1. The van der Waals surface area contributed by atoms with Crippen LogP contribution in [0, 0.1) is 19.7 Å². The van der Waals surface area contributed by atoms with Gasteiger partial charge in [-0.1, -0.05) is 5.16 Å². The average Bonchev–Trinajstić information content (AvgIpc) is 3.09. The first-order valence-electron chi connectivity index (χ1n) is 10.4. The largest absolute Gasteiger partial charge is 0.361 e. The molecule has 2 heterocycles. The van der Waals surface area contributed by atoms with Crippen molar-refractivity contribution in [2.75, 3.05) is 32.7 Å². The van der Waals surface area contributed by atoms with Crippen molar-refractivity contribution in [3.8, 4) is 0 Å². The van der Waals surface area contributed by atoms with Gasteiger partial charge in [-0.3, -0.25) is 14.4 Å². The van der Waals surface area contributed by atoms with Crippen LogP contribution in [0.15, 0.2) is 28.8 Å². The molecule has 0 spiro atoms. The minimum Gasteiger partial charge on any atom is -0.361 e. The summed E-state index contributed by atoms with van der Waals surface area (Å²) in [6.45, 7) is 5.95. The van der Waals surface area contributed by atoms with Gasteiger partial charge in [-0.25, -0.2) is 4.39 Å². The van der Waals surface area contributed by atoms with E-state index in [-0.39, 0.29) is 24.1 Å². The molecule has 0 atom stereocenters. The molecule has 3 rings (SSSR count). The standard InChI is InChI=1S/C22H27FN4O4/c1-15-19(16(2)31-25-15)14-21(29)27-12-10-26(11-13-27)20(28)4-3-9-24-22(30)17-5-7-18(23)8-6-17/h5-8H,3-4,9-14H2,1-2H3,(H,24,30). The highest BCUT2D eigenvalue weighted by Gasteiger charge is 2.25. The van der Waals surface area contributed by atoms with Gasteiger partial charge in [-0.15, -0.1) is 0 Å². The van der Waals surface area contributed by atoms with E-state index in [0.29, 0.717) is 56.9 Å². The third kappa shape index (κ3) is 5.90. The van der Waals surface area contributed by atoms with E-state index in [9.17, 15) is 18.8 Å². The predicted octanol–water partition coefficient (Wildman–Crippen LogP) is 1.85. The highest BCUT2D eigenvalue weighted by molar-refractivity contribution is 5.94. The summed E-state index contributed by atoms with van der Waals surface area (Å²) in [5.41, 5.74) is 1.93. The van der Waals surface area contributed by atoms with Gasteiger partial charge in [0.2, 0.25) is 11.8 Å². The van der Waals surface area contributed by atoms with Gasteiger partial charge in [0.05, 0.1) is 12.1 Å². The number of halogens is 1. The summed E-state index contributed by atoms with van der Waals surface area (Å²) in [5, 5.41) is 6.61. The van der Waals surface area contributed by atoms with Crippen molar-refractivity contribution in [2.24, 2.45) is 0 Å². The van der Waals surface area contributed by atoms with E-state index in [4.69, 9.17) is 4.52 Å². The molecule has 0 radical (unpaired) electrons. The molecule has 1 saturated heterocycles. The molecule has 1 aliphatic heterocycles. The number of piperazine rings is 1. The van der Waals surface area contributed by atoms with Gasteiger partial charge in [-0.2, -0.15) is 0 Å². The maximum atomic E-state index is 12.9. The van der Waals surface area contributed by atoms with E-state index in [1.807, 2.05) is 6.92 Å². The number of nitrogens with zero attached hydrogens (tertiary/aromatic N) is 3. The fourth-order valence-electron chi connectivity index (χ4n) is 3.53. The second kappa shape index (κ2) is 10.2. The lowest BCUT2D eigenvalue weighted by Gasteiger charge is -2.35. The predicted molar refractivity (Wildman–Crippen MR) is 111 cm³/mol. The van der Waals surface area contributed by atoms with Crippen LogP contribution >= 0.6 is 0 Å². The molecule has 1 aliphatic rings. The maximum absolute atomic E-state index is 12.9. The molecule has 0 bridgehead atoms. The van der Waals surface area contributed by atoms with Gasteiger partial charge < -0.3 is 19.6 Å². The molecule has 166 valence electrons. The smallest absolute Gasteiger partial charge is 0.251 e. The van der Waals surface area contributed by atoms with Crippen LogP contribution in [0.1, 0.15) is 40.2 Å². The van der Waals surface area contributed by atoms with Crippen LogP contribution < -0.4 is 5.32 Å². The van der Waals surface area contributed by atoms with Crippen molar-refractivity contribution >= 4 is 17.7 Å². The third-order valence-electron chi connectivity index (χ3n) is 5.45. The Balaban J connectivity index is 1.35. The second-order valence-electron chi connectivity index (χ2n) is 7.61. The number of amides is 3. The summed E-state index contributed by atoms with van der Waals surface area (Å²) in [4.78, 5) is 40.5. The van der Waals surface area contributed by atoms with Gasteiger partial charge in [0.15, 0.2) is 0 Å². The summed E-state index contributed by atoms with van der Waals surface area (Å²) in [7, 11) is 0. The van der Waals surface area contributed by atoms with E-state index in [0.717, 1.165) is 11.3 Å². The van der Waals surface area contributed by atoms with Crippen LogP contribution in [-0.2, 0) is 16.0 Å². The van der Waals surface area contributed by atoms with Crippen molar-refractivity contribution in [2.45, 2.75) is 33.1 Å². The Morgan fingerprint density at radius 3 is 2.23 bits per heavy atom. The number of carbonyl (C=O) groups excluding carboxylic acids is 3. The van der Waals surface area contributed by atoms with Crippen LogP contribution in [0.3, 0.4) is 0 Å². The summed E-state index contributed by atoms with van der Waals surface area (Å²) >= 11 is 0. The first kappa shape index (κ1) is 22.5. The Labute approximate surface area is 180 Å². The van der Waals surface area contributed by atoms with E-state index in [2.05, 4.69) is 10.5 Å². The number of aryl methyl sites for hydroxylation is 2. The molecule has 3 amide bonds. The highest BCUT2D eigenvalue weighted by Crippen LogP contribution is 2.15. The maximum Gasteiger partial charge on any atom is 0.251 e. The Hall–Kier alpha value is -3.23. The molecular formula is C22H27FN4O4. The number of hydrogen-bond acceptors (Lipinski definition) is 5. The Bertz CT molecular complexity index is 914. The van der Waals surface area contributed by atoms with E-state index in [1.165, 1.54) is 24.3 Å². The van der Waals surface area contributed by atoms with Gasteiger partial charge >= 0.3 is 0 Å². The second-order valence-corrected chi connectivity index (χ2v) is 7.61. The third-order valence-corrected chi connectivity index (χ3v) is 5.45. The Kier molecular flexibility index (Phi) is 7.38. The number of aromatic nitrogens is 1. The number of benzene rings is 1. The van der Waals surface area contributed by atoms with Crippen LogP contribution in [0.25, 0.3) is 0 Å². The molecule has 0 unspecified atom stereocenters. The van der Waals surface area contributed by atoms with Gasteiger partial charge in [0, 0.05) is 50.3 Å². The minimum atomic E-state index is -0.396. The minimum absolute atomic E-state index is 0.00463. The van der Waals surface area contributed by atoms with E-state index in [1.54, 1.807) is 16.7 Å². The lowest BCUT2D eigenvalue weighted by atomic mass is 10.1. The van der Waals surface area contributed by atoms with Crippen LogP contribution in [0.4, 0.5) is 4.39 Å². The molecule has 9 heteroatoms.